The van der Waals surface area contributed by atoms with Gasteiger partial charge in [0.2, 0.25) is 0 Å². The second kappa shape index (κ2) is 4.47. The minimum atomic E-state index is -0.607. The summed E-state index contributed by atoms with van der Waals surface area (Å²) in [5.41, 5.74) is 6.58. The summed E-state index contributed by atoms with van der Waals surface area (Å²) in [4.78, 5) is 18.7. The van der Waals surface area contributed by atoms with E-state index in [0.717, 1.165) is 5.69 Å². The Morgan fingerprint density at radius 1 is 1.29 bits per heavy atom. The fourth-order valence-electron chi connectivity index (χ4n) is 1.64. The molecule has 0 aliphatic heterocycles. The summed E-state index contributed by atoms with van der Waals surface area (Å²) in [5.74, 6) is 0.0820. The van der Waals surface area contributed by atoms with Gasteiger partial charge >= 0.3 is 106 Å². The molecule has 3 nitrogen and oxygen atoms in total. The third-order valence-corrected chi connectivity index (χ3v) is 4.18. The van der Waals surface area contributed by atoms with E-state index < -0.39 is 5.41 Å². The van der Waals surface area contributed by atoms with Crippen LogP contribution in [0.3, 0.4) is 0 Å². The number of Topliss-reactive ketones (excluding diaryl/α,β-unsaturated/α-hetero) is 1. The number of benzene rings is 1. The van der Waals surface area contributed by atoms with Crippen LogP contribution >= 0.6 is 0 Å². The molecule has 1 aromatic heterocycles. The molecule has 88 valence electrons. The van der Waals surface area contributed by atoms with Crippen molar-refractivity contribution >= 4 is 25.0 Å². The third kappa shape index (κ3) is 2.33. The Morgan fingerprint density at radius 2 is 1.94 bits per heavy atom. The van der Waals surface area contributed by atoms with E-state index in [4.69, 9.17) is 5.73 Å². The second-order valence-electron chi connectivity index (χ2n) is 4.39. The first-order valence-corrected chi connectivity index (χ1v) is 7.17. The topological polar surface area (TPSA) is 56.0 Å². The monoisotopic (exact) mass is 294 g/mol. The minimum absolute atomic E-state index is 0.0820. The van der Waals surface area contributed by atoms with Crippen molar-refractivity contribution in [3.05, 3.63) is 46.5 Å². The molecule has 0 aliphatic carbocycles. The van der Waals surface area contributed by atoms with Crippen molar-refractivity contribution in [2.24, 2.45) is 0 Å². The van der Waals surface area contributed by atoms with Gasteiger partial charge in [0.05, 0.1) is 0 Å². The molecule has 0 radical (unpaired) electrons. The maximum absolute atomic E-state index is 12.4. The molecule has 1 aromatic carbocycles. The maximum atomic E-state index is 12.4. The summed E-state index contributed by atoms with van der Waals surface area (Å²) in [5, 5.41) is 0. The molecule has 0 amide bonds. The summed E-state index contributed by atoms with van der Waals surface area (Å²) in [6.45, 7) is 3.79. The molecule has 4 heteroatoms. The first-order valence-electron chi connectivity index (χ1n) is 5.33. The SMILES string of the molecule is CC(C)(C(=O)c1ccccc1)c1c[se]c(N)n1. The number of nitrogen functional groups attached to an aromatic ring is 1. The average Bonchev–Trinajstić information content (AvgIpc) is 2.77. The van der Waals surface area contributed by atoms with Crippen molar-refractivity contribution in [2.75, 3.05) is 5.73 Å². The van der Waals surface area contributed by atoms with Gasteiger partial charge in [-0.3, -0.25) is 0 Å². The molecule has 0 fully saturated rings. The standard InChI is InChI=1S/C13H14N2OSe/c1-13(2,10-8-17-12(14)15-10)11(16)9-6-4-3-5-7-9/h3-8H,1-2H3,(H2,14,15). The van der Waals surface area contributed by atoms with Crippen molar-refractivity contribution < 1.29 is 4.79 Å². The number of nitrogens with zero attached hydrogens (tertiary/aromatic N) is 1. The zero-order chi connectivity index (χ0) is 12.5. The van der Waals surface area contributed by atoms with Crippen LogP contribution in [-0.2, 0) is 5.41 Å². The number of rotatable bonds is 3. The molecular formula is C13H14N2OSe. The molecule has 17 heavy (non-hydrogen) atoms. The number of hydrogen-bond acceptors (Lipinski definition) is 3. The van der Waals surface area contributed by atoms with Gasteiger partial charge in [-0.1, -0.05) is 0 Å². The van der Waals surface area contributed by atoms with Gasteiger partial charge in [0, 0.05) is 0 Å². The first kappa shape index (κ1) is 12.1. The molecule has 0 saturated heterocycles. The molecule has 0 bridgehead atoms. The number of anilines is 1. The Labute approximate surface area is 106 Å². The van der Waals surface area contributed by atoms with Crippen LogP contribution in [0.1, 0.15) is 29.9 Å². The van der Waals surface area contributed by atoms with Crippen LogP contribution in [0.5, 0.6) is 0 Å². The summed E-state index contributed by atoms with van der Waals surface area (Å²) in [7, 11) is 0. The predicted octanol–water partition coefficient (Wildman–Crippen LogP) is 1.88. The zero-order valence-corrected chi connectivity index (χ0v) is 11.5. The quantitative estimate of drug-likeness (QED) is 0.694. The number of carbonyl (C=O) groups excluding carboxylic acids is 1. The van der Waals surface area contributed by atoms with Crippen LogP contribution in [0.4, 0.5) is 4.69 Å². The summed E-state index contributed by atoms with van der Waals surface area (Å²) < 4.78 is 0.640. The van der Waals surface area contributed by atoms with Gasteiger partial charge in [0.15, 0.2) is 0 Å². The van der Waals surface area contributed by atoms with Gasteiger partial charge in [-0.25, -0.2) is 0 Å². The zero-order valence-electron chi connectivity index (χ0n) is 9.81. The van der Waals surface area contributed by atoms with E-state index in [9.17, 15) is 4.79 Å². The molecule has 2 aromatic rings. The number of hydrogen-bond donors (Lipinski definition) is 1. The first-order chi connectivity index (χ1) is 8.01. The molecule has 0 unspecified atom stereocenters. The number of nitrogens with two attached hydrogens (primary N) is 1. The van der Waals surface area contributed by atoms with Gasteiger partial charge in [-0.15, -0.1) is 0 Å². The summed E-state index contributed by atoms with van der Waals surface area (Å²) in [6, 6.07) is 9.30. The van der Waals surface area contributed by atoms with Crippen LogP contribution in [0.2, 0.25) is 0 Å². The summed E-state index contributed by atoms with van der Waals surface area (Å²) >= 11 is 0.101. The Bertz CT molecular complexity index is 531. The van der Waals surface area contributed by atoms with Gasteiger partial charge in [-0.05, 0) is 0 Å². The van der Waals surface area contributed by atoms with Crippen LogP contribution < -0.4 is 5.73 Å². The van der Waals surface area contributed by atoms with Gasteiger partial charge < -0.3 is 0 Å². The molecule has 0 spiro atoms. The fourth-order valence-corrected chi connectivity index (χ4v) is 3.17. The number of carbonyl (C=O) groups is 1. The molecule has 1 heterocycles. The normalized spacial score (nSPS) is 11.4. The van der Waals surface area contributed by atoms with E-state index in [0.29, 0.717) is 10.3 Å². The molecule has 0 aliphatic rings. The molecule has 0 saturated carbocycles. The summed E-state index contributed by atoms with van der Waals surface area (Å²) in [6.07, 6.45) is 0. The number of ketones is 1. The van der Waals surface area contributed by atoms with Gasteiger partial charge in [0.25, 0.3) is 0 Å². The van der Waals surface area contributed by atoms with Crippen molar-refractivity contribution in [2.45, 2.75) is 19.3 Å². The van der Waals surface area contributed by atoms with Crippen LogP contribution in [0.25, 0.3) is 0 Å². The van der Waals surface area contributed by atoms with E-state index in [1.165, 1.54) is 0 Å². The molecule has 0 atom stereocenters. The van der Waals surface area contributed by atoms with Gasteiger partial charge in [-0.2, -0.15) is 0 Å². The average molecular weight is 293 g/mol. The number of aromatic nitrogens is 1. The van der Waals surface area contributed by atoms with Crippen LogP contribution in [0, 0.1) is 0 Å². The Morgan fingerprint density at radius 3 is 2.47 bits per heavy atom. The van der Waals surface area contributed by atoms with Crippen molar-refractivity contribution in [1.29, 1.82) is 0 Å². The van der Waals surface area contributed by atoms with E-state index in [2.05, 4.69) is 4.98 Å². The van der Waals surface area contributed by atoms with E-state index in [1.807, 2.05) is 49.1 Å². The third-order valence-electron chi connectivity index (χ3n) is 2.77. The van der Waals surface area contributed by atoms with Crippen molar-refractivity contribution in [3.63, 3.8) is 0 Å². The Balaban J connectivity index is 2.36. The van der Waals surface area contributed by atoms with Crippen LogP contribution in [-0.4, -0.2) is 25.3 Å². The predicted molar refractivity (Wildman–Crippen MR) is 69.4 cm³/mol. The Kier molecular flexibility index (Phi) is 3.18. The van der Waals surface area contributed by atoms with Gasteiger partial charge in [0.1, 0.15) is 0 Å². The Hall–Kier alpha value is -1.38. The van der Waals surface area contributed by atoms with Crippen molar-refractivity contribution in [1.82, 2.24) is 4.98 Å². The fraction of sp³-hybridized carbons (Fsp3) is 0.231. The second-order valence-corrected chi connectivity index (χ2v) is 6.26. The van der Waals surface area contributed by atoms with Crippen LogP contribution in [0.15, 0.2) is 35.3 Å². The molecule has 2 N–H and O–H groups in total. The van der Waals surface area contributed by atoms with Crippen molar-refractivity contribution in [3.8, 4) is 0 Å². The van der Waals surface area contributed by atoms with E-state index in [-0.39, 0.29) is 20.3 Å². The van der Waals surface area contributed by atoms with E-state index in [1.54, 1.807) is 0 Å². The molecular weight excluding hydrogens is 279 g/mol. The molecule has 2 rings (SSSR count). The van der Waals surface area contributed by atoms with E-state index >= 15 is 0 Å².